The van der Waals surface area contributed by atoms with Gasteiger partial charge in [-0.2, -0.15) is 4.89 Å². The van der Waals surface area contributed by atoms with Crippen LogP contribution >= 0.6 is 0 Å². The van der Waals surface area contributed by atoms with E-state index in [2.05, 4.69) is 10.6 Å². The largest absolute Gasteiger partial charge is 0.336 e. The Kier molecular flexibility index (Phi) is 2.32. The van der Waals surface area contributed by atoms with Crippen LogP contribution in [0, 0.1) is 0 Å². The number of para-hydroxylation sites is 1. The van der Waals surface area contributed by atoms with Gasteiger partial charge in [-0.3, -0.25) is 0 Å². The van der Waals surface area contributed by atoms with Crippen molar-refractivity contribution in [1.29, 1.82) is 0 Å². The number of piperazine rings is 1. The molecule has 2 heterocycles. The van der Waals surface area contributed by atoms with E-state index < -0.39 is 0 Å². The zero-order valence-electron chi connectivity index (χ0n) is 8.35. The fourth-order valence-corrected chi connectivity index (χ4v) is 2.05. The normalized spacial score (nSPS) is 29.6. The topological polar surface area (TPSA) is 44.6 Å². The second-order valence-electron chi connectivity index (χ2n) is 3.82. The van der Waals surface area contributed by atoms with E-state index in [9.17, 15) is 0 Å². The van der Waals surface area contributed by atoms with Crippen LogP contribution in [0.25, 0.3) is 0 Å². The number of hydrogen-bond acceptors (Lipinski definition) is 3. The highest BCUT2D eigenvalue weighted by Crippen LogP contribution is 2.36. The lowest BCUT2D eigenvalue weighted by atomic mass is 10.0. The van der Waals surface area contributed by atoms with Crippen molar-refractivity contribution in [3.8, 4) is 5.75 Å². The summed E-state index contributed by atoms with van der Waals surface area (Å²) in [6.45, 7) is 2.68. The van der Waals surface area contributed by atoms with Crippen LogP contribution in [-0.4, -0.2) is 25.7 Å². The van der Waals surface area contributed by atoms with Crippen LogP contribution in [-0.2, 0) is 4.89 Å². The Balaban J connectivity index is 1.83. The van der Waals surface area contributed by atoms with Crippen LogP contribution in [0.4, 0.5) is 0 Å². The van der Waals surface area contributed by atoms with E-state index in [-0.39, 0.29) is 12.1 Å². The molecule has 2 unspecified atom stereocenters. The van der Waals surface area contributed by atoms with Crippen LogP contribution in [0.2, 0.25) is 0 Å². The fraction of sp³-hybridized carbons (Fsp3) is 0.455. The van der Waals surface area contributed by atoms with E-state index in [1.54, 1.807) is 0 Å². The average Bonchev–Trinajstić information content (AvgIpc) is 2.74. The fourth-order valence-electron chi connectivity index (χ4n) is 2.05. The van der Waals surface area contributed by atoms with Crippen molar-refractivity contribution in [2.24, 2.45) is 0 Å². The molecule has 0 aliphatic carbocycles. The van der Waals surface area contributed by atoms with Crippen LogP contribution in [0.15, 0.2) is 24.3 Å². The van der Waals surface area contributed by atoms with Gasteiger partial charge < -0.3 is 10.2 Å². The van der Waals surface area contributed by atoms with Gasteiger partial charge in [0.15, 0.2) is 11.9 Å². The first-order valence-electron chi connectivity index (χ1n) is 5.25. The molecule has 3 rings (SSSR count). The third kappa shape index (κ3) is 1.61. The summed E-state index contributed by atoms with van der Waals surface area (Å²) in [6, 6.07) is 8.08. The summed E-state index contributed by atoms with van der Waals surface area (Å²) in [6.07, 6.45) is -0.0472. The van der Waals surface area contributed by atoms with E-state index in [4.69, 9.17) is 9.78 Å². The molecule has 0 amide bonds. The summed E-state index contributed by atoms with van der Waals surface area (Å²) >= 11 is 0. The van der Waals surface area contributed by atoms with Crippen LogP contribution in [0.3, 0.4) is 0 Å². The summed E-state index contributed by atoms with van der Waals surface area (Å²) in [5.74, 6) is 0.822. The first-order valence-corrected chi connectivity index (χ1v) is 5.25. The molecule has 79 valence electrons. The Morgan fingerprint density at radius 3 is 3.13 bits per heavy atom. The molecule has 1 aromatic carbocycles. The first-order chi connectivity index (χ1) is 7.45. The summed E-state index contributed by atoms with van der Waals surface area (Å²) in [7, 11) is 0. The number of fused-ring (bicyclic) bond motifs is 1. The molecule has 15 heavy (non-hydrogen) atoms. The molecular weight excluding hydrogens is 192 g/mol. The molecule has 0 bridgehead atoms. The Morgan fingerprint density at radius 2 is 2.27 bits per heavy atom. The molecule has 1 fully saturated rings. The van der Waals surface area contributed by atoms with E-state index >= 15 is 0 Å². The Hall–Kier alpha value is -1.10. The van der Waals surface area contributed by atoms with Gasteiger partial charge in [-0.1, -0.05) is 18.2 Å². The Morgan fingerprint density at radius 1 is 1.33 bits per heavy atom. The predicted octanol–water partition coefficient (Wildman–Crippen LogP) is 0.628. The molecule has 4 heteroatoms. The van der Waals surface area contributed by atoms with Crippen molar-refractivity contribution in [3.63, 3.8) is 0 Å². The van der Waals surface area contributed by atoms with Gasteiger partial charge in [-0.25, -0.2) is 5.32 Å². The maximum absolute atomic E-state index is 5.33. The standard InChI is InChI=1S/C11H13N2O2/c1-2-4-10-8(3-1)11(15-14-10)9-7-12-5-6-13-9/h1-4,9,11-12H,5-7H2. The van der Waals surface area contributed by atoms with Crippen molar-refractivity contribution < 1.29 is 9.78 Å². The van der Waals surface area contributed by atoms with Crippen LogP contribution < -0.4 is 15.5 Å². The van der Waals surface area contributed by atoms with Gasteiger partial charge in [-0.15, -0.1) is 0 Å². The smallest absolute Gasteiger partial charge is 0.171 e. The summed E-state index contributed by atoms with van der Waals surface area (Å²) < 4.78 is 0. The lowest BCUT2D eigenvalue weighted by molar-refractivity contribution is -0.231. The molecule has 0 aromatic heterocycles. The third-order valence-electron chi connectivity index (χ3n) is 2.82. The Labute approximate surface area is 88.5 Å². The minimum Gasteiger partial charge on any atom is -0.336 e. The number of nitrogens with zero attached hydrogens (tertiary/aromatic N) is 1. The van der Waals surface area contributed by atoms with Gasteiger partial charge in [0.1, 0.15) is 0 Å². The third-order valence-corrected chi connectivity index (χ3v) is 2.82. The van der Waals surface area contributed by atoms with Gasteiger partial charge in [-0.05, 0) is 6.07 Å². The molecule has 4 nitrogen and oxygen atoms in total. The summed E-state index contributed by atoms with van der Waals surface area (Å²) in [5, 5.41) is 7.86. The number of benzene rings is 1. The van der Waals surface area contributed by atoms with E-state index in [1.165, 1.54) is 0 Å². The van der Waals surface area contributed by atoms with Gasteiger partial charge >= 0.3 is 0 Å². The van der Waals surface area contributed by atoms with Gasteiger partial charge in [0, 0.05) is 25.2 Å². The van der Waals surface area contributed by atoms with Crippen LogP contribution in [0.5, 0.6) is 5.75 Å². The molecule has 1 saturated heterocycles. The quantitative estimate of drug-likeness (QED) is 0.684. The number of nitrogens with one attached hydrogen (secondary N) is 1. The summed E-state index contributed by atoms with van der Waals surface area (Å²) in [5.41, 5.74) is 1.11. The molecule has 0 spiro atoms. The van der Waals surface area contributed by atoms with Crippen molar-refractivity contribution in [3.05, 3.63) is 29.8 Å². The molecule has 0 saturated carbocycles. The highest BCUT2D eigenvalue weighted by atomic mass is 17.2. The lowest BCUT2D eigenvalue weighted by Gasteiger charge is -2.25. The van der Waals surface area contributed by atoms with E-state index in [0.29, 0.717) is 0 Å². The lowest BCUT2D eigenvalue weighted by Crippen LogP contribution is -2.47. The first kappa shape index (κ1) is 9.15. The van der Waals surface area contributed by atoms with Crippen molar-refractivity contribution >= 4 is 0 Å². The SMILES string of the molecule is c1ccc2c(c1)OOC2C1CNCC[N]1. The van der Waals surface area contributed by atoms with E-state index in [0.717, 1.165) is 30.9 Å². The monoisotopic (exact) mass is 205 g/mol. The number of hydrogen-bond donors (Lipinski definition) is 1. The average molecular weight is 205 g/mol. The maximum atomic E-state index is 5.33. The maximum Gasteiger partial charge on any atom is 0.171 e. The summed E-state index contributed by atoms with van der Waals surface area (Å²) in [4.78, 5) is 10.5. The van der Waals surface area contributed by atoms with Crippen molar-refractivity contribution in [1.82, 2.24) is 10.6 Å². The highest BCUT2D eigenvalue weighted by Gasteiger charge is 2.34. The molecule has 1 N–H and O–H groups in total. The zero-order valence-corrected chi connectivity index (χ0v) is 8.35. The van der Waals surface area contributed by atoms with Crippen molar-refractivity contribution in [2.75, 3.05) is 19.6 Å². The van der Waals surface area contributed by atoms with E-state index in [1.807, 2.05) is 24.3 Å². The van der Waals surface area contributed by atoms with Gasteiger partial charge in [0.05, 0.1) is 6.04 Å². The van der Waals surface area contributed by atoms with Crippen LogP contribution in [0.1, 0.15) is 11.7 Å². The zero-order chi connectivity index (χ0) is 10.1. The minimum atomic E-state index is -0.0472. The number of rotatable bonds is 1. The molecule has 2 aliphatic heterocycles. The molecule has 1 radical (unpaired) electrons. The second-order valence-corrected chi connectivity index (χ2v) is 3.82. The molecule has 2 aliphatic rings. The molecule has 1 aromatic rings. The second kappa shape index (κ2) is 3.81. The van der Waals surface area contributed by atoms with Gasteiger partial charge in [0.25, 0.3) is 0 Å². The minimum absolute atomic E-state index is 0.0472. The Bertz CT molecular complexity index is 350. The predicted molar refractivity (Wildman–Crippen MR) is 54.6 cm³/mol. The highest BCUT2D eigenvalue weighted by molar-refractivity contribution is 5.37. The molecular formula is C11H13N2O2. The van der Waals surface area contributed by atoms with Crippen molar-refractivity contribution in [2.45, 2.75) is 12.1 Å². The van der Waals surface area contributed by atoms with Gasteiger partial charge in [0.2, 0.25) is 0 Å². The molecule has 2 atom stereocenters.